The van der Waals surface area contributed by atoms with Crippen LogP contribution in [0.15, 0.2) is 30.3 Å². The quantitative estimate of drug-likeness (QED) is 0.236. The van der Waals surface area contributed by atoms with Crippen molar-refractivity contribution in [3.8, 4) is 0 Å². The number of carboxylic acids is 1. The highest BCUT2D eigenvalue weighted by atomic mass is 16.6. The van der Waals surface area contributed by atoms with Crippen LogP contribution in [0.5, 0.6) is 0 Å². The van der Waals surface area contributed by atoms with Gasteiger partial charge in [-0.15, -0.1) is 0 Å². The van der Waals surface area contributed by atoms with E-state index in [1.807, 2.05) is 30.3 Å². The van der Waals surface area contributed by atoms with Crippen LogP contribution < -0.4 is 5.32 Å². The summed E-state index contributed by atoms with van der Waals surface area (Å²) in [5.41, 5.74) is 0.860. The van der Waals surface area contributed by atoms with Crippen molar-refractivity contribution >= 4 is 24.0 Å². The Hall–Kier alpha value is -3.10. The fourth-order valence-electron chi connectivity index (χ4n) is 3.72. The Morgan fingerprint density at radius 3 is 2.42 bits per heavy atom. The van der Waals surface area contributed by atoms with E-state index in [2.05, 4.69) is 5.32 Å². The Labute approximate surface area is 182 Å². The molecule has 1 aromatic rings. The number of likely N-dealkylation sites (N-methyl/N-ethyl adjacent to an activating group) is 1. The van der Waals surface area contributed by atoms with Gasteiger partial charge in [0.15, 0.2) is 0 Å². The monoisotopic (exact) mass is 433 g/mol. The summed E-state index contributed by atoms with van der Waals surface area (Å²) >= 11 is 0. The lowest BCUT2D eigenvalue weighted by Gasteiger charge is -2.34. The zero-order chi connectivity index (χ0) is 22.6. The molecular formula is C22H31N3O6. The number of ether oxygens (including phenoxy) is 2. The molecule has 1 fully saturated rings. The van der Waals surface area contributed by atoms with Crippen molar-refractivity contribution in [3.05, 3.63) is 35.9 Å². The summed E-state index contributed by atoms with van der Waals surface area (Å²) in [5.74, 6) is -1.75. The number of alkyl carbamates (subject to hydrolysis) is 1. The zero-order valence-electron chi connectivity index (χ0n) is 17.8. The van der Waals surface area contributed by atoms with Gasteiger partial charge in [0.1, 0.15) is 6.04 Å². The first-order valence-corrected chi connectivity index (χ1v) is 10.6. The first-order valence-electron chi connectivity index (χ1n) is 10.6. The highest BCUT2D eigenvalue weighted by Gasteiger charge is 2.34. The first-order chi connectivity index (χ1) is 14.9. The molecule has 0 aliphatic heterocycles. The lowest BCUT2D eigenvalue weighted by atomic mass is 9.83. The normalized spacial score (nSPS) is 14.9. The van der Waals surface area contributed by atoms with E-state index in [4.69, 9.17) is 14.9 Å². The largest absolute Gasteiger partial charge is 0.480 e. The number of carbonyl (C=O) groups excluding carboxylic acids is 2. The summed E-state index contributed by atoms with van der Waals surface area (Å²) in [5, 5.41) is 19.9. The molecule has 0 spiro atoms. The van der Waals surface area contributed by atoms with Crippen molar-refractivity contribution in [2.75, 3.05) is 20.3 Å². The summed E-state index contributed by atoms with van der Waals surface area (Å²) in [6.45, 7) is 0.117. The van der Waals surface area contributed by atoms with Gasteiger partial charge in [-0.1, -0.05) is 49.6 Å². The molecule has 1 atom stereocenters. The second kappa shape index (κ2) is 12.6. The Morgan fingerprint density at radius 2 is 1.77 bits per heavy atom. The molecule has 170 valence electrons. The van der Waals surface area contributed by atoms with Crippen LogP contribution in [0.2, 0.25) is 0 Å². The minimum Gasteiger partial charge on any atom is -0.480 e. The standard InChI is InChI=1S/C22H31N3O6/c1-25(19(20(27)28)17-11-6-3-7-12-17)21(23)24-22(29)31-14-8-13-30-18(26)15-16-9-4-2-5-10-16/h2,4-5,9-10,17,19H,3,6-8,11-15H2,1H3,(H,27,28)(H2,23,24,29). The molecule has 0 radical (unpaired) electrons. The van der Waals surface area contributed by atoms with Gasteiger partial charge in [0.05, 0.1) is 19.6 Å². The Kier molecular flexibility index (Phi) is 9.80. The van der Waals surface area contributed by atoms with Crippen LogP contribution in [-0.4, -0.2) is 60.3 Å². The number of guanidine groups is 1. The van der Waals surface area contributed by atoms with Gasteiger partial charge in [0.2, 0.25) is 5.96 Å². The molecule has 0 heterocycles. The molecule has 31 heavy (non-hydrogen) atoms. The third-order valence-electron chi connectivity index (χ3n) is 5.32. The number of carboxylic acid groups (broad SMARTS) is 1. The van der Waals surface area contributed by atoms with Gasteiger partial charge in [0.25, 0.3) is 0 Å². The molecule has 1 aromatic carbocycles. The average molecular weight is 434 g/mol. The third-order valence-corrected chi connectivity index (χ3v) is 5.32. The van der Waals surface area contributed by atoms with E-state index >= 15 is 0 Å². The fraction of sp³-hybridized carbons (Fsp3) is 0.545. The number of nitrogens with zero attached hydrogens (tertiary/aromatic N) is 1. The molecule has 0 saturated heterocycles. The highest BCUT2D eigenvalue weighted by Crippen LogP contribution is 2.28. The maximum Gasteiger partial charge on any atom is 0.413 e. The molecular weight excluding hydrogens is 402 g/mol. The number of hydrogen-bond donors (Lipinski definition) is 3. The van der Waals surface area contributed by atoms with Crippen molar-refractivity contribution in [1.29, 1.82) is 5.41 Å². The molecule has 9 nitrogen and oxygen atoms in total. The summed E-state index contributed by atoms with van der Waals surface area (Å²) in [6.07, 6.45) is 4.27. The van der Waals surface area contributed by atoms with Crippen LogP contribution >= 0.6 is 0 Å². The maximum atomic E-state index is 11.9. The predicted octanol–water partition coefficient (Wildman–Crippen LogP) is 2.79. The van der Waals surface area contributed by atoms with Gasteiger partial charge in [-0.3, -0.25) is 15.5 Å². The Bertz CT molecular complexity index is 749. The van der Waals surface area contributed by atoms with E-state index in [1.54, 1.807) is 0 Å². The molecule has 1 unspecified atom stereocenters. The fourth-order valence-corrected chi connectivity index (χ4v) is 3.72. The number of carbonyl (C=O) groups is 3. The van der Waals surface area contributed by atoms with Crippen LogP contribution in [0.1, 0.15) is 44.1 Å². The first kappa shape index (κ1) is 24.2. The number of nitrogens with one attached hydrogen (secondary N) is 2. The van der Waals surface area contributed by atoms with Gasteiger partial charge in [-0.25, -0.2) is 9.59 Å². The summed E-state index contributed by atoms with van der Waals surface area (Å²) < 4.78 is 10.1. The lowest BCUT2D eigenvalue weighted by molar-refractivity contribution is -0.144. The molecule has 1 saturated carbocycles. The maximum absolute atomic E-state index is 11.9. The van der Waals surface area contributed by atoms with Crippen LogP contribution in [0.4, 0.5) is 4.79 Å². The minimum atomic E-state index is -1.01. The summed E-state index contributed by atoms with van der Waals surface area (Å²) in [6, 6.07) is 8.37. The van der Waals surface area contributed by atoms with Crippen molar-refractivity contribution in [3.63, 3.8) is 0 Å². The third kappa shape index (κ3) is 8.27. The van der Waals surface area contributed by atoms with Gasteiger partial charge in [-0.2, -0.15) is 0 Å². The smallest absolute Gasteiger partial charge is 0.413 e. The topological polar surface area (TPSA) is 129 Å². The van der Waals surface area contributed by atoms with Crippen molar-refractivity contribution in [1.82, 2.24) is 10.2 Å². The molecule has 0 bridgehead atoms. The SMILES string of the molecule is CN(C(=N)NC(=O)OCCCOC(=O)Cc1ccccc1)C(C(=O)O)C1CCCCC1. The molecule has 3 N–H and O–H groups in total. The molecule has 1 aliphatic rings. The number of esters is 1. The predicted molar refractivity (Wildman–Crippen MR) is 114 cm³/mol. The average Bonchev–Trinajstić information content (AvgIpc) is 2.74. The van der Waals surface area contributed by atoms with E-state index in [9.17, 15) is 19.5 Å². The summed E-state index contributed by atoms with van der Waals surface area (Å²) in [7, 11) is 1.49. The van der Waals surface area contributed by atoms with Crippen LogP contribution in [0, 0.1) is 11.3 Å². The zero-order valence-corrected chi connectivity index (χ0v) is 17.8. The van der Waals surface area contributed by atoms with Gasteiger partial charge in [-0.05, 0) is 24.3 Å². The van der Waals surface area contributed by atoms with Gasteiger partial charge >= 0.3 is 18.0 Å². The van der Waals surface area contributed by atoms with Crippen LogP contribution in [0.3, 0.4) is 0 Å². The number of rotatable bonds is 9. The molecule has 2 rings (SSSR count). The molecule has 1 aliphatic carbocycles. The molecule has 0 aromatic heterocycles. The van der Waals surface area contributed by atoms with Crippen molar-refractivity contribution in [2.45, 2.75) is 51.0 Å². The Balaban J connectivity index is 1.66. The second-order valence-electron chi connectivity index (χ2n) is 7.64. The second-order valence-corrected chi connectivity index (χ2v) is 7.64. The van der Waals surface area contributed by atoms with E-state index in [-0.39, 0.29) is 37.5 Å². The lowest BCUT2D eigenvalue weighted by Crippen LogP contribution is -2.52. The molecule has 9 heteroatoms. The van der Waals surface area contributed by atoms with E-state index in [0.29, 0.717) is 6.42 Å². The van der Waals surface area contributed by atoms with E-state index in [1.165, 1.54) is 11.9 Å². The Morgan fingerprint density at radius 1 is 1.13 bits per heavy atom. The number of hydrogen-bond acceptors (Lipinski definition) is 6. The van der Waals surface area contributed by atoms with Crippen LogP contribution in [0.25, 0.3) is 0 Å². The van der Waals surface area contributed by atoms with Crippen molar-refractivity contribution < 1.29 is 29.0 Å². The van der Waals surface area contributed by atoms with E-state index < -0.39 is 18.1 Å². The highest BCUT2D eigenvalue weighted by molar-refractivity contribution is 5.94. The number of benzene rings is 1. The van der Waals surface area contributed by atoms with E-state index in [0.717, 1.165) is 37.7 Å². The molecule has 1 amide bonds. The van der Waals surface area contributed by atoms with Gasteiger partial charge in [0, 0.05) is 13.5 Å². The van der Waals surface area contributed by atoms with Gasteiger partial charge < -0.3 is 19.5 Å². The minimum absolute atomic E-state index is 0.00638. The van der Waals surface area contributed by atoms with Crippen LogP contribution in [-0.2, 0) is 25.5 Å². The summed E-state index contributed by atoms with van der Waals surface area (Å²) in [4.78, 5) is 36.7. The van der Waals surface area contributed by atoms with Crippen molar-refractivity contribution in [2.24, 2.45) is 5.92 Å². The number of amides is 1. The number of aliphatic carboxylic acids is 1.